The SMILES string of the molecule is C#CCC(OS(C)(=O)=O)C(CC#C)OS(C)(=O)=O. The molecule has 2 unspecified atom stereocenters. The standard InChI is InChI=1S/C10H14O6S2/c1-5-7-9(15-17(3,11)12)10(8-6-2)16-18(4,13)14/h1-2,9-10H,7-8H2,3-4H3. The highest BCUT2D eigenvalue weighted by Crippen LogP contribution is 2.16. The van der Waals surface area contributed by atoms with Crippen LogP contribution in [-0.4, -0.2) is 41.6 Å². The minimum Gasteiger partial charge on any atom is -0.263 e. The van der Waals surface area contributed by atoms with Gasteiger partial charge in [0, 0.05) is 12.8 Å². The number of rotatable bonds is 7. The van der Waals surface area contributed by atoms with Gasteiger partial charge in [0.15, 0.2) is 0 Å². The van der Waals surface area contributed by atoms with Gasteiger partial charge in [0.25, 0.3) is 20.2 Å². The molecule has 0 bridgehead atoms. The first-order chi connectivity index (χ1) is 8.09. The van der Waals surface area contributed by atoms with Crippen molar-refractivity contribution < 1.29 is 25.2 Å². The normalized spacial score (nSPS) is 15.3. The van der Waals surface area contributed by atoms with Crippen molar-refractivity contribution in [3.05, 3.63) is 0 Å². The molecule has 0 aromatic rings. The number of hydrogen-bond donors (Lipinski definition) is 0. The smallest absolute Gasteiger partial charge is 0.263 e. The first-order valence-electron chi connectivity index (χ1n) is 4.72. The molecule has 0 fully saturated rings. The third-order valence-corrected chi connectivity index (χ3v) is 2.84. The second kappa shape index (κ2) is 6.76. The van der Waals surface area contributed by atoms with Crippen molar-refractivity contribution in [1.29, 1.82) is 0 Å². The fourth-order valence-corrected chi connectivity index (χ4v) is 2.42. The van der Waals surface area contributed by atoms with Crippen LogP contribution in [0.15, 0.2) is 0 Å². The lowest BCUT2D eigenvalue weighted by molar-refractivity contribution is 0.0706. The Bertz CT molecular complexity index is 494. The van der Waals surface area contributed by atoms with Crippen LogP contribution in [0.25, 0.3) is 0 Å². The summed E-state index contributed by atoms with van der Waals surface area (Å²) in [7, 11) is -7.61. The maximum Gasteiger partial charge on any atom is 0.264 e. The molecule has 0 spiro atoms. The maximum absolute atomic E-state index is 11.0. The van der Waals surface area contributed by atoms with Gasteiger partial charge in [-0.3, -0.25) is 8.37 Å². The van der Waals surface area contributed by atoms with E-state index in [-0.39, 0.29) is 12.8 Å². The van der Waals surface area contributed by atoms with Crippen molar-refractivity contribution in [3.8, 4) is 24.7 Å². The molecule has 0 aliphatic heterocycles. The van der Waals surface area contributed by atoms with E-state index in [9.17, 15) is 16.8 Å². The van der Waals surface area contributed by atoms with Crippen LogP contribution in [-0.2, 0) is 28.6 Å². The van der Waals surface area contributed by atoms with E-state index in [1.165, 1.54) is 0 Å². The van der Waals surface area contributed by atoms with Crippen LogP contribution in [0.5, 0.6) is 0 Å². The van der Waals surface area contributed by atoms with Crippen LogP contribution >= 0.6 is 0 Å². The van der Waals surface area contributed by atoms with Gasteiger partial charge in [-0.25, -0.2) is 0 Å². The highest BCUT2D eigenvalue weighted by Gasteiger charge is 2.28. The van der Waals surface area contributed by atoms with E-state index >= 15 is 0 Å². The fraction of sp³-hybridized carbons (Fsp3) is 0.600. The van der Waals surface area contributed by atoms with Crippen LogP contribution < -0.4 is 0 Å². The molecule has 0 radical (unpaired) electrons. The molecule has 0 aromatic carbocycles. The van der Waals surface area contributed by atoms with Gasteiger partial charge in [-0.15, -0.1) is 24.7 Å². The summed E-state index contributed by atoms with van der Waals surface area (Å²) in [6, 6.07) is 0. The van der Waals surface area contributed by atoms with E-state index in [4.69, 9.17) is 12.8 Å². The van der Waals surface area contributed by atoms with E-state index in [0.717, 1.165) is 12.5 Å². The highest BCUT2D eigenvalue weighted by molar-refractivity contribution is 7.86. The third-order valence-electron chi connectivity index (χ3n) is 1.65. The summed E-state index contributed by atoms with van der Waals surface area (Å²) in [4.78, 5) is 0. The van der Waals surface area contributed by atoms with Crippen LogP contribution in [0.4, 0.5) is 0 Å². The fourth-order valence-electron chi connectivity index (χ4n) is 1.14. The van der Waals surface area contributed by atoms with Gasteiger partial charge in [-0.1, -0.05) is 0 Å². The largest absolute Gasteiger partial charge is 0.264 e. The summed E-state index contributed by atoms with van der Waals surface area (Å²) >= 11 is 0. The zero-order valence-electron chi connectivity index (χ0n) is 9.99. The second-order valence-electron chi connectivity index (χ2n) is 3.49. The van der Waals surface area contributed by atoms with Crippen LogP contribution in [0.3, 0.4) is 0 Å². The van der Waals surface area contributed by atoms with Gasteiger partial charge in [-0.2, -0.15) is 16.8 Å². The molecule has 6 nitrogen and oxygen atoms in total. The molecule has 0 rings (SSSR count). The molecule has 0 N–H and O–H groups in total. The third kappa shape index (κ3) is 8.09. The predicted octanol–water partition coefficient (Wildman–Crippen LogP) is -0.277. The Labute approximate surface area is 108 Å². The molecule has 2 atom stereocenters. The van der Waals surface area contributed by atoms with Gasteiger partial charge >= 0.3 is 0 Å². The molecule has 102 valence electrons. The van der Waals surface area contributed by atoms with E-state index < -0.39 is 32.4 Å². The first-order valence-corrected chi connectivity index (χ1v) is 8.36. The summed E-state index contributed by atoms with van der Waals surface area (Å²) < 4.78 is 53.5. The van der Waals surface area contributed by atoms with Crippen LogP contribution in [0.2, 0.25) is 0 Å². The molecular formula is C10H14O6S2. The Hall–Kier alpha value is -1.06. The summed E-state index contributed by atoms with van der Waals surface area (Å²) in [6.07, 6.45) is 9.20. The molecule has 0 amide bonds. The van der Waals surface area contributed by atoms with Gasteiger partial charge in [0.2, 0.25) is 0 Å². The zero-order chi connectivity index (χ0) is 14.4. The lowest BCUT2D eigenvalue weighted by Crippen LogP contribution is -2.34. The topological polar surface area (TPSA) is 86.7 Å². The number of hydrogen-bond acceptors (Lipinski definition) is 6. The second-order valence-corrected chi connectivity index (χ2v) is 6.70. The van der Waals surface area contributed by atoms with Crippen molar-refractivity contribution in [1.82, 2.24) is 0 Å². The van der Waals surface area contributed by atoms with Gasteiger partial charge in [-0.05, 0) is 0 Å². The average molecular weight is 294 g/mol. The molecule has 8 heteroatoms. The van der Waals surface area contributed by atoms with Crippen molar-refractivity contribution in [2.75, 3.05) is 12.5 Å². The summed E-state index contributed by atoms with van der Waals surface area (Å²) in [6.45, 7) is 0. The Morgan fingerprint density at radius 3 is 1.33 bits per heavy atom. The summed E-state index contributed by atoms with van der Waals surface area (Å²) in [5, 5.41) is 0. The zero-order valence-corrected chi connectivity index (χ0v) is 11.6. The summed E-state index contributed by atoms with van der Waals surface area (Å²) in [5.74, 6) is 4.36. The Morgan fingerprint density at radius 2 is 1.17 bits per heavy atom. The minimum absolute atomic E-state index is 0.144. The maximum atomic E-state index is 11.0. The molecule has 0 aromatic heterocycles. The molecule has 0 heterocycles. The molecule has 0 aliphatic carbocycles. The van der Waals surface area contributed by atoms with E-state index in [2.05, 4.69) is 20.2 Å². The molecular weight excluding hydrogens is 280 g/mol. The highest BCUT2D eigenvalue weighted by atomic mass is 32.2. The lowest BCUT2D eigenvalue weighted by atomic mass is 10.1. The van der Waals surface area contributed by atoms with Crippen LogP contribution in [0.1, 0.15) is 12.8 Å². The van der Waals surface area contributed by atoms with Gasteiger partial charge in [0.1, 0.15) is 12.2 Å². The van der Waals surface area contributed by atoms with Gasteiger partial charge < -0.3 is 0 Å². The minimum atomic E-state index is -3.80. The summed E-state index contributed by atoms with van der Waals surface area (Å²) in [5.41, 5.74) is 0. The lowest BCUT2D eigenvalue weighted by Gasteiger charge is -2.22. The molecule has 0 aliphatic rings. The van der Waals surface area contributed by atoms with E-state index in [0.29, 0.717) is 0 Å². The van der Waals surface area contributed by atoms with Crippen LogP contribution in [0, 0.1) is 24.7 Å². The quantitative estimate of drug-likeness (QED) is 0.474. The molecule has 18 heavy (non-hydrogen) atoms. The van der Waals surface area contributed by atoms with E-state index in [1.54, 1.807) is 0 Å². The molecule has 0 saturated heterocycles. The van der Waals surface area contributed by atoms with Crippen molar-refractivity contribution in [2.45, 2.75) is 25.0 Å². The predicted molar refractivity (Wildman–Crippen MR) is 66.3 cm³/mol. The van der Waals surface area contributed by atoms with Crippen molar-refractivity contribution in [3.63, 3.8) is 0 Å². The number of terminal acetylenes is 2. The van der Waals surface area contributed by atoms with Crippen molar-refractivity contribution >= 4 is 20.2 Å². The van der Waals surface area contributed by atoms with Gasteiger partial charge in [0.05, 0.1) is 12.5 Å². The Balaban J connectivity index is 5.12. The monoisotopic (exact) mass is 294 g/mol. The first kappa shape index (κ1) is 16.9. The Morgan fingerprint density at radius 1 is 0.889 bits per heavy atom. The Kier molecular flexibility index (Phi) is 6.36. The molecule has 0 saturated carbocycles. The van der Waals surface area contributed by atoms with E-state index in [1.807, 2.05) is 0 Å². The average Bonchev–Trinajstić information content (AvgIpc) is 2.12. The van der Waals surface area contributed by atoms with Crippen molar-refractivity contribution in [2.24, 2.45) is 0 Å².